The fourth-order valence-corrected chi connectivity index (χ4v) is 2.83. The van der Waals surface area contributed by atoms with E-state index < -0.39 is 32.4 Å². The van der Waals surface area contributed by atoms with Gasteiger partial charge in [0.2, 0.25) is 10.0 Å². The van der Waals surface area contributed by atoms with Crippen LogP contribution in [0, 0.1) is 17.5 Å². The van der Waals surface area contributed by atoms with E-state index in [0.717, 1.165) is 7.05 Å². The van der Waals surface area contributed by atoms with Crippen LogP contribution in [-0.4, -0.2) is 29.7 Å². The van der Waals surface area contributed by atoms with E-state index >= 15 is 0 Å². The summed E-state index contributed by atoms with van der Waals surface area (Å²) in [5, 5.41) is 0. The van der Waals surface area contributed by atoms with Crippen molar-refractivity contribution >= 4 is 10.0 Å². The first-order chi connectivity index (χ1) is 9.32. The van der Waals surface area contributed by atoms with Crippen LogP contribution >= 0.6 is 0 Å². The van der Waals surface area contributed by atoms with Gasteiger partial charge in [0.1, 0.15) is 23.3 Å². The van der Waals surface area contributed by atoms with E-state index in [4.69, 9.17) is 0 Å². The molecule has 0 amide bonds. The Morgan fingerprint density at radius 1 is 1.25 bits per heavy atom. The molecule has 0 unspecified atom stereocenters. The Labute approximate surface area is 113 Å². The van der Waals surface area contributed by atoms with Crippen molar-refractivity contribution in [3.8, 4) is 0 Å². The van der Waals surface area contributed by atoms with Crippen LogP contribution in [-0.2, 0) is 16.6 Å². The van der Waals surface area contributed by atoms with Gasteiger partial charge in [-0.05, 0) is 0 Å². The van der Waals surface area contributed by atoms with Gasteiger partial charge in [-0.1, -0.05) is 0 Å². The van der Waals surface area contributed by atoms with E-state index in [0.29, 0.717) is 22.3 Å². The Balaban J connectivity index is 2.40. The molecule has 0 aliphatic carbocycles. The number of aromatic nitrogens is 2. The first kappa shape index (κ1) is 14.5. The number of benzene rings is 1. The molecular formula is C11H10F3N3O2S. The molecule has 9 heteroatoms. The summed E-state index contributed by atoms with van der Waals surface area (Å²) in [7, 11) is -3.30. The molecule has 0 fully saturated rings. The van der Waals surface area contributed by atoms with Crippen molar-refractivity contribution < 1.29 is 21.6 Å². The Bertz CT molecular complexity index is 694. The maximum absolute atomic E-state index is 13.5. The van der Waals surface area contributed by atoms with Crippen molar-refractivity contribution in [2.24, 2.45) is 0 Å². The van der Waals surface area contributed by atoms with Gasteiger partial charge in [-0.3, -0.25) is 0 Å². The van der Waals surface area contributed by atoms with Gasteiger partial charge in [0.15, 0.2) is 4.90 Å². The lowest BCUT2D eigenvalue weighted by molar-refractivity contribution is 0.438. The maximum atomic E-state index is 13.5. The van der Waals surface area contributed by atoms with E-state index in [1.54, 1.807) is 0 Å². The summed E-state index contributed by atoms with van der Waals surface area (Å²) in [6.45, 7) is -0.203. The minimum atomic E-state index is -4.44. The summed E-state index contributed by atoms with van der Waals surface area (Å²) >= 11 is 0. The second-order valence-electron chi connectivity index (χ2n) is 4.00. The molecule has 1 heterocycles. The van der Waals surface area contributed by atoms with Gasteiger partial charge in [-0.15, -0.1) is 0 Å². The first-order valence-corrected chi connectivity index (χ1v) is 6.85. The summed E-state index contributed by atoms with van der Waals surface area (Å²) in [4.78, 5) is 5.29. The molecule has 1 aromatic heterocycles. The third-order valence-electron chi connectivity index (χ3n) is 2.56. The van der Waals surface area contributed by atoms with Crippen LogP contribution in [0.5, 0.6) is 0 Å². The molecule has 0 aliphatic rings. The molecule has 2 aromatic rings. The van der Waals surface area contributed by atoms with Gasteiger partial charge in [0, 0.05) is 31.6 Å². The molecule has 2 rings (SSSR count). The van der Waals surface area contributed by atoms with Gasteiger partial charge >= 0.3 is 0 Å². The SMILES string of the molecule is CN(Cc1ncc[nH]1)S(=O)(=O)c1c(F)cc(F)cc1F. The Hall–Kier alpha value is -1.87. The van der Waals surface area contributed by atoms with Crippen molar-refractivity contribution in [2.45, 2.75) is 11.4 Å². The van der Waals surface area contributed by atoms with Gasteiger partial charge in [-0.25, -0.2) is 26.6 Å². The zero-order valence-electron chi connectivity index (χ0n) is 10.3. The van der Waals surface area contributed by atoms with Crippen LogP contribution in [0.2, 0.25) is 0 Å². The van der Waals surface area contributed by atoms with Crippen molar-refractivity contribution in [1.82, 2.24) is 14.3 Å². The number of nitrogens with one attached hydrogen (secondary N) is 1. The molecule has 0 saturated heterocycles. The number of sulfonamides is 1. The predicted molar refractivity (Wildman–Crippen MR) is 63.6 cm³/mol. The Kier molecular flexibility index (Phi) is 3.82. The monoisotopic (exact) mass is 305 g/mol. The number of nitrogens with zero attached hydrogens (tertiary/aromatic N) is 2. The van der Waals surface area contributed by atoms with Crippen LogP contribution in [0.25, 0.3) is 0 Å². The molecule has 20 heavy (non-hydrogen) atoms. The highest BCUT2D eigenvalue weighted by Gasteiger charge is 2.29. The average Bonchev–Trinajstić information content (AvgIpc) is 2.79. The lowest BCUT2D eigenvalue weighted by Gasteiger charge is -2.16. The molecular weight excluding hydrogens is 295 g/mol. The summed E-state index contributed by atoms with van der Waals surface area (Å²) in [6, 6.07) is 0.632. The minimum Gasteiger partial charge on any atom is -0.347 e. The molecule has 0 spiro atoms. The second kappa shape index (κ2) is 5.25. The first-order valence-electron chi connectivity index (χ1n) is 5.41. The molecule has 108 valence electrons. The molecule has 1 aromatic carbocycles. The number of aromatic amines is 1. The van der Waals surface area contributed by atoms with E-state index in [1.165, 1.54) is 12.4 Å². The van der Waals surface area contributed by atoms with Gasteiger partial charge in [0.05, 0.1) is 6.54 Å². The van der Waals surface area contributed by atoms with Crippen molar-refractivity contribution in [3.63, 3.8) is 0 Å². The van der Waals surface area contributed by atoms with Crippen molar-refractivity contribution in [1.29, 1.82) is 0 Å². The fraction of sp³-hybridized carbons (Fsp3) is 0.182. The largest absolute Gasteiger partial charge is 0.347 e. The summed E-state index contributed by atoms with van der Waals surface area (Å²) in [5.74, 6) is -3.84. The molecule has 5 nitrogen and oxygen atoms in total. The third kappa shape index (κ3) is 2.68. The Morgan fingerprint density at radius 2 is 1.85 bits per heavy atom. The van der Waals surface area contributed by atoms with Crippen LogP contribution in [0.4, 0.5) is 13.2 Å². The van der Waals surface area contributed by atoms with Crippen molar-refractivity contribution in [3.05, 3.63) is 47.8 Å². The Morgan fingerprint density at radius 3 is 2.35 bits per heavy atom. The zero-order valence-corrected chi connectivity index (χ0v) is 11.1. The molecule has 0 bridgehead atoms. The number of hydrogen-bond donors (Lipinski definition) is 1. The second-order valence-corrected chi connectivity index (χ2v) is 5.98. The quantitative estimate of drug-likeness (QED) is 0.934. The van der Waals surface area contributed by atoms with Gasteiger partial charge in [0.25, 0.3) is 0 Å². The van der Waals surface area contributed by atoms with Crippen LogP contribution in [0.1, 0.15) is 5.82 Å². The van der Waals surface area contributed by atoms with Gasteiger partial charge in [-0.2, -0.15) is 4.31 Å². The number of H-pyrrole nitrogens is 1. The molecule has 1 N–H and O–H groups in total. The van der Waals surface area contributed by atoms with Gasteiger partial charge < -0.3 is 4.98 Å². The van der Waals surface area contributed by atoms with E-state index in [1.807, 2.05) is 0 Å². The fourth-order valence-electron chi connectivity index (χ4n) is 1.61. The van der Waals surface area contributed by atoms with Crippen LogP contribution < -0.4 is 0 Å². The summed E-state index contributed by atoms with van der Waals surface area (Å²) in [5.41, 5.74) is 0. The lowest BCUT2D eigenvalue weighted by atomic mass is 10.3. The topological polar surface area (TPSA) is 66.1 Å². The standard InChI is InChI=1S/C11H10F3N3O2S/c1-17(6-10-15-2-3-16-10)20(18,19)11-8(13)4-7(12)5-9(11)14/h2-5H,6H2,1H3,(H,15,16). The molecule has 0 radical (unpaired) electrons. The summed E-state index contributed by atoms with van der Waals surface area (Å²) in [6.07, 6.45) is 2.89. The summed E-state index contributed by atoms with van der Waals surface area (Å²) < 4.78 is 64.8. The molecule has 0 saturated carbocycles. The predicted octanol–water partition coefficient (Wildman–Crippen LogP) is 1.65. The zero-order chi connectivity index (χ0) is 14.9. The number of hydrogen-bond acceptors (Lipinski definition) is 3. The highest BCUT2D eigenvalue weighted by Crippen LogP contribution is 2.23. The normalized spacial score (nSPS) is 12.1. The highest BCUT2D eigenvalue weighted by atomic mass is 32.2. The van der Waals surface area contributed by atoms with Crippen molar-refractivity contribution in [2.75, 3.05) is 7.05 Å². The highest BCUT2D eigenvalue weighted by molar-refractivity contribution is 7.89. The average molecular weight is 305 g/mol. The van der Waals surface area contributed by atoms with E-state index in [-0.39, 0.29) is 6.54 Å². The minimum absolute atomic E-state index is 0.203. The number of halogens is 3. The van der Waals surface area contributed by atoms with Crippen LogP contribution in [0.3, 0.4) is 0 Å². The third-order valence-corrected chi connectivity index (χ3v) is 4.41. The molecule has 0 aliphatic heterocycles. The lowest BCUT2D eigenvalue weighted by Crippen LogP contribution is -2.28. The number of imidazole rings is 1. The van der Waals surface area contributed by atoms with E-state index in [9.17, 15) is 21.6 Å². The smallest absolute Gasteiger partial charge is 0.249 e. The van der Waals surface area contributed by atoms with E-state index in [2.05, 4.69) is 9.97 Å². The maximum Gasteiger partial charge on any atom is 0.249 e. The number of rotatable bonds is 4. The molecule has 0 atom stereocenters. The van der Waals surface area contributed by atoms with Crippen LogP contribution in [0.15, 0.2) is 29.4 Å².